The number of benzene rings is 1. The number of nitrogens with zero attached hydrogens (tertiary/aromatic N) is 2. The maximum Gasteiger partial charge on any atom is 0.169 e. The Morgan fingerprint density at radius 3 is 2.81 bits per heavy atom. The van der Waals surface area contributed by atoms with Crippen molar-refractivity contribution in [1.82, 2.24) is 4.98 Å². The Bertz CT molecular complexity index is 908. The number of ketones is 1. The number of nitriles is 1. The molecule has 0 amide bonds. The molecule has 0 spiro atoms. The summed E-state index contributed by atoms with van der Waals surface area (Å²) in [6.45, 7) is 1.51. The fraction of sp³-hybridized carbons (Fsp3) is 0.0625. The quantitative estimate of drug-likeness (QED) is 0.667. The van der Waals surface area contributed by atoms with Crippen LogP contribution in [0.25, 0.3) is 21.2 Å². The fourth-order valence-corrected chi connectivity index (χ4v) is 3.09. The van der Waals surface area contributed by atoms with Gasteiger partial charge in [-0.25, -0.2) is 4.39 Å². The number of hydrogen-bond acceptors (Lipinski definition) is 4. The summed E-state index contributed by atoms with van der Waals surface area (Å²) < 4.78 is 14.7. The van der Waals surface area contributed by atoms with E-state index in [-0.39, 0.29) is 11.3 Å². The second-order valence-corrected chi connectivity index (χ2v) is 5.66. The van der Waals surface area contributed by atoms with Crippen LogP contribution < -0.4 is 0 Å². The van der Waals surface area contributed by atoms with Crippen LogP contribution in [0.1, 0.15) is 22.2 Å². The predicted octanol–water partition coefficient (Wildman–Crippen LogP) is 4.18. The summed E-state index contributed by atoms with van der Waals surface area (Å²) in [7, 11) is 0. The SMILES string of the molecule is CC(=O)c1cc2c(-c3ccc(C#N)c(F)c3)cncc2s1. The van der Waals surface area contributed by atoms with Crippen LogP contribution in [0.2, 0.25) is 0 Å². The highest BCUT2D eigenvalue weighted by atomic mass is 32.1. The molecule has 0 aliphatic carbocycles. The van der Waals surface area contributed by atoms with Crippen molar-refractivity contribution < 1.29 is 9.18 Å². The number of hydrogen-bond donors (Lipinski definition) is 0. The van der Waals surface area contributed by atoms with Crippen molar-refractivity contribution >= 4 is 27.2 Å². The zero-order chi connectivity index (χ0) is 15.0. The maximum absolute atomic E-state index is 13.8. The van der Waals surface area contributed by atoms with Crippen molar-refractivity contribution in [2.45, 2.75) is 6.92 Å². The van der Waals surface area contributed by atoms with Crippen LogP contribution >= 0.6 is 11.3 Å². The van der Waals surface area contributed by atoms with E-state index in [0.717, 1.165) is 15.6 Å². The van der Waals surface area contributed by atoms with Crippen LogP contribution in [0.15, 0.2) is 36.7 Å². The molecular formula is C16H9FN2OS. The van der Waals surface area contributed by atoms with Crippen molar-refractivity contribution in [2.24, 2.45) is 0 Å². The number of thiophene rings is 1. The third-order valence-corrected chi connectivity index (χ3v) is 4.36. The number of pyridine rings is 1. The molecule has 0 bridgehead atoms. The standard InChI is InChI=1S/C16H9FN2OS/c1-9(20)15-5-12-13(7-19-8-16(12)21-15)10-2-3-11(6-18)14(17)4-10/h2-5,7-8H,1H3. The van der Waals surface area contributed by atoms with Crippen LogP contribution in [-0.4, -0.2) is 10.8 Å². The van der Waals surface area contributed by atoms with Gasteiger partial charge in [0, 0.05) is 23.3 Å². The summed E-state index contributed by atoms with van der Waals surface area (Å²) in [5.41, 5.74) is 1.39. The average Bonchev–Trinajstić information content (AvgIpc) is 2.91. The number of rotatable bonds is 2. The molecule has 0 radical (unpaired) electrons. The van der Waals surface area contributed by atoms with Crippen LogP contribution in [0, 0.1) is 17.1 Å². The third-order valence-electron chi connectivity index (χ3n) is 3.19. The van der Waals surface area contributed by atoms with Gasteiger partial charge in [0.25, 0.3) is 0 Å². The van der Waals surface area contributed by atoms with E-state index in [1.807, 2.05) is 0 Å². The first-order chi connectivity index (χ1) is 10.1. The fourth-order valence-electron chi connectivity index (χ4n) is 2.14. The Balaban J connectivity index is 2.23. The van der Waals surface area contributed by atoms with Gasteiger partial charge in [0.1, 0.15) is 11.9 Å². The lowest BCUT2D eigenvalue weighted by Crippen LogP contribution is -1.87. The van der Waals surface area contributed by atoms with Gasteiger partial charge < -0.3 is 0 Å². The van der Waals surface area contributed by atoms with E-state index in [0.29, 0.717) is 10.4 Å². The summed E-state index contributed by atoms with van der Waals surface area (Å²) in [6, 6.07) is 8.05. The van der Waals surface area contributed by atoms with Crippen molar-refractivity contribution in [2.75, 3.05) is 0 Å². The van der Waals surface area contributed by atoms with Gasteiger partial charge in [0.2, 0.25) is 0 Å². The zero-order valence-electron chi connectivity index (χ0n) is 11.1. The molecule has 2 aromatic heterocycles. The number of fused-ring (bicyclic) bond motifs is 1. The molecule has 3 aromatic rings. The molecule has 102 valence electrons. The lowest BCUT2D eigenvalue weighted by molar-refractivity contribution is 0.102. The molecule has 2 heterocycles. The predicted molar refractivity (Wildman–Crippen MR) is 79.7 cm³/mol. The second kappa shape index (κ2) is 5.08. The molecule has 5 heteroatoms. The highest BCUT2D eigenvalue weighted by Crippen LogP contribution is 2.34. The van der Waals surface area contributed by atoms with E-state index in [1.165, 1.54) is 30.4 Å². The summed E-state index contributed by atoms with van der Waals surface area (Å²) in [5, 5.41) is 9.64. The van der Waals surface area contributed by atoms with Gasteiger partial charge in [-0.3, -0.25) is 9.78 Å². The number of halogens is 1. The molecule has 3 rings (SSSR count). The number of carbonyl (C=O) groups excluding carboxylic acids is 1. The maximum atomic E-state index is 13.8. The van der Waals surface area contributed by atoms with Crippen LogP contribution in [-0.2, 0) is 0 Å². The number of aromatic nitrogens is 1. The minimum Gasteiger partial charge on any atom is -0.294 e. The molecular weight excluding hydrogens is 287 g/mol. The molecule has 0 atom stereocenters. The Kier molecular flexibility index (Phi) is 3.24. The molecule has 0 saturated carbocycles. The van der Waals surface area contributed by atoms with Gasteiger partial charge >= 0.3 is 0 Å². The van der Waals surface area contributed by atoms with E-state index in [2.05, 4.69) is 4.98 Å². The minimum absolute atomic E-state index is 0.00633. The number of carbonyl (C=O) groups is 1. The van der Waals surface area contributed by atoms with E-state index in [1.54, 1.807) is 30.6 Å². The number of Topliss-reactive ketones (excluding diaryl/α,β-unsaturated/α-hetero) is 1. The summed E-state index contributed by atoms with van der Waals surface area (Å²) >= 11 is 1.37. The molecule has 0 fully saturated rings. The van der Waals surface area contributed by atoms with Crippen LogP contribution in [0.4, 0.5) is 4.39 Å². The van der Waals surface area contributed by atoms with Crippen LogP contribution in [0.5, 0.6) is 0 Å². The normalized spacial score (nSPS) is 10.5. The summed E-state index contributed by atoms with van der Waals surface area (Å²) in [6.07, 6.45) is 3.33. The van der Waals surface area contributed by atoms with Crippen molar-refractivity contribution in [1.29, 1.82) is 5.26 Å². The molecule has 21 heavy (non-hydrogen) atoms. The minimum atomic E-state index is -0.561. The average molecular weight is 296 g/mol. The third kappa shape index (κ3) is 2.30. The highest BCUT2D eigenvalue weighted by molar-refractivity contribution is 7.20. The Hall–Kier alpha value is -2.58. The van der Waals surface area contributed by atoms with E-state index in [4.69, 9.17) is 5.26 Å². The van der Waals surface area contributed by atoms with Gasteiger partial charge in [-0.1, -0.05) is 6.07 Å². The molecule has 0 unspecified atom stereocenters. The highest BCUT2D eigenvalue weighted by Gasteiger charge is 2.12. The van der Waals surface area contributed by atoms with Gasteiger partial charge in [0.05, 0.1) is 15.1 Å². The second-order valence-electron chi connectivity index (χ2n) is 4.57. The Morgan fingerprint density at radius 2 is 2.14 bits per heavy atom. The van der Waals surface area contributed by atoms with E-state index >= 15 is 0 Å². The van der Waals surface area contributed by atoms with Gasteiger partial charge in [0.15, 0.2) is 5.78 Å². The topological polar surface area (TPSA) is 53.8 Å². The lowest BCUT2D eigenvalue weighted by Gasteiger charge is -2.04. The first-order valence-electron chi connectivity index (χ1n) is 6.18. The summed E-state index contributed by atoms with van der Waals surface area (Å²) in [5.74, 6) is -0.567. The molecule has 0 aliphatic heterocycles. The van der Waals surface area contributed by atoms with Gasteiger partial charge in [-0.15, -0.1) is 11.3 Å². The summed E-state index contributed by atoms with van der Waals surface area (Å²) in [4.78, 5) is 16.3. The van der Waals surface area contributed by atoms with Crippen molar-refractivity contribution in [3.05, 3.63) is 52.9 Å². The largest absolute Gasteiger partial charge is 0.294 e. The van der Waals surface area contributed by atoms with E-state index in [9.17, 15) is 9.18 Å². The monoisotopic (exact) mass is 296 g/mol. The van der Waals surface area contributed by atoms with Crippen molar-refractivity contribution in [3.63, 3.8) is 0 Å². The Labute approximate surface area is 124 Å². The first kappa shape index (κ1) is 13.4. The Morgan fingerprint density at radius 1 is 1.33 bits per heavy atom. The van der Waals surface area contributed by atoms with Gasteiger partial charge in [-0.2, -0.15) is 5.26 Å². The molecule has 3 nitrogen and oxygen atoms in total. The van der Waals surface area contributed by atoms with Crippen LogP contribution in [0.3, 0.4) is 0 Å². The first-order valence-corrected chi connectivity index (χ1v) is 7.00. The van der Waals surface area contributed by atoms with Gasteiger partial charge in [-0.05, 0) is 30.7 Å². The molecule has 0 saturated heterocycles. The lowest BCUT2D eigenvalue weighted by atomic mass is 10.0. The smallest absolute Gasteiger partial charge is 0.169 e. The zero-order valence-corrected chi connectivity index (χ0v) is 11.9. The molecule has 1 aromatic carbocycles. The van der Waals surface area contributed by atoms with E-state index < -0.39 is 5.82 Å². The molecule has 0 N–H and O–H groups in total. The molecule has 0 aliphatic rings. The van der Waals surface area contributed by atoms with Crippen molar-refractivity contribution in [3.8, 4) is 17.2 Å².